The van der Waals surface area contributed by atoms with Crippen LogP contribution in [0.1, 0.15) is 34.6 Å². The number of aliphatic hydroxyl groups is 1. The number of phenols is 1. The third kappa shape index (κ3) is 4.15. The van der Waals surface area contributed by atoms with Crippen molar-refractivity contribution in [3.8, 4) is 28.5 Å². The average molecular weight is 470 g/mol. The van der Waals surface area contributed by atoms with Crippen LogP contribution in [-0.2, 0) is 0 Å². The monoisotopic (exact) mass is 469 g/mol. The van der Waals surface area contributed by atoms with E-state index in [0.717, 1.165) is 5.56 Å². The smallest absolute Gasteiger partial charge is 0.273 e. The van der Waals surface area contributed by atoms with Gasteiger partial charge in [0.05, 0.1) is 19.3 Å². The van der Waals surface area contributed by atoms with Crippen molar-refractivity contribution >= 4 is 17.5 Å². The van der Waals surface area contributed by atoms with Crippen molar-refractivity contribution < 1.29 is 24.5 Å². The Morgan fingerprint density at radius 2 is 2.06 bits per heavy atom. The molecule has 4 rings (SSSR count). The first kappa shape index (κ1) is 22.7. The van der Waals surface area contributed by atoms with Crippen LogP contribution in [0.5, 0.6) is 17.2 Å². The molecule has 8 nitrogen and oxygen atoms in total. The summed E-state index contributed by atoms with van der Waals surface area (Å²) in [6.45, 7) is 6.19. The van der Waals surface area contributed by atoms with E-state index in [1.165, 1.54) is 6.07 Å². The molecule has 0 fully saturated rings. The van der Waals surface area contributed by atoms with Crippen molar-refractivity contribution in [2.24, 2.45) is 0 Å². The number of nitrogens with one attached hydrogen (secondary N) is 1. The van der Waals surface area contributed by atoms with E-state index in [2.05, 4.69) is 16.8 Å². The molecule has 0 radical (unpaired) electrons. The molecule has 1 aliphatic rings. The standard InChI is InChI=1S/C24H24ClN3O5/c1-3-11-33-18-8-5-14(12-19(18)32-4-2)23-20-21(16-13-15(25)6-7-17(16)30)26-27-22(20)24(31)28(23)9-10-29/h3,5-8,12-13,23,29-30H,1,4,9-11H2,2H3,(H,26,27). The van der Waals surface area contributed by atoms with E-state index in [0.29, 0.717) is 52.3 Å². The summed E-state index contributed by atoms with van der Waals surface area (Å²) < 4.78 is 11.5. The van der Waals surface area contributed by atoms with Crippen molar-refractivity contribution in [3.05, 3.63) is 70.9 Å². The van der Waals surface area contributed by atoms with Crippen molar-refractivity contribution in [2.75, 3.05) is 26.4 Å². The number of aliphatic hydroxyl groups excluding tert-OH is 1. The predicted molar refractivity (Wildman–Crippen MR) is 124 cm³/mol. The van der Waals surface area contributed by atoms with Crippen LogP contribution in [0.4, 0.5) is 0 Å². The number of halogens is 1. The molecule has 9 heteroatoms. The molecule has 2 aromatic carbocycles. The number of hydrogen-bond acceptors (Lipinski definition) is 6. The van der Waals surface area contributed by atoms with Crippen LogP contribution in [-0.4, -0.2) is 57.6 Å². The molecule has 0 saturated heterocycles. The van der Waals surface area contributed by atoms with Gasteiger partial charge in [-0.1, -0.05) is 30.3 Å². The van der Waals surface area contributed by atoms with Gasteiger partial charge in [0.25, 0.3) is 5.91 Å². The number of carbonyl (C=O) groups is 1. The second-order valence-corrected chi connectivity index (χ2v) is 7.82. The van der Waals surface area contributed by atoms with Gasteiger partial charge in [0.1, 0.15) is 23.7 Å². The Labute approximate surface area is 196 Å². The van der Waals surface area contributed by atoms with Gasteiger partial charge in [0.15, 0.2) is 11.5 Å². The van der Waals surface area contributed by atoms with Gasteiger partial charge >= 0.3 is 0 Å². The van der Waals surface area contributed by atoms with Gasteiger partial charge in [0, 0.05) is 22.7 Å². The molecule has 0 aliphatic carbocycles. The first-order valence-electron chi connectivity index (χ1n) is 10.5. The van der Waals surface area contributed by atoms with Crippen molar-refractivity contribution in [1.82, 2.24) is 15.1 Å². The molecule has 0 saturated carbocycles. The maximum Gasteiger partial charge on any atom is 0.273 e. The van der Waals surface area contributed by atoms with E-state index in [1.807, 2.05) is 19.1 Å². The fraction of sp³-hybridized carbons (Fsp3) is 0.250. The molecule has 3 N–H and O–H groups in total. The second-order valence-electron chi connectivity index (χ2n) is 7.39. The fourth-order valence-corrected chi connectivity index (χ4v) is 4.19. The molecule has 1 aliphatic heterocycles. The van der Waals surface area contributed by atoms with Gasteiger partial charge in [-0.15, -0.1) is 0 Å². The molecule has 2 heterocycles. The maximum atomic E-state index is 13.2. The number of nitrogens with zero attached hydrogens (tertiary/aromatic N) is 2. The maximum absolute atomic E-state index is 13.2. The molecule has 3 aromatic rings. The van der Waals surface area contributed by atoms with E-state index in [9.17, 15) is 15.0 Å². The fourth-order valence-electron chi connectivity index (χ4n) is 4.02. The summed E-state index contributed by atoms with van der Waals surface area (Å²) in [5.74, 6) is 0.772. The number of ether oxygens (including phenoxy) is 2. The van der Waals surface area contributed by atoms with E-state index in [1.54, 1.807) is 29.2 Å². The highest BCUT2D eigenvalue weighted by Crippen LogP contribution is 2.46. The lowest BCUT2D eigenvalue weighted by atomic mass is 9.95. The number of carbonyl (C=O) groups excluding carboxylic acids is 1. The van der Waals surface area contributed by atoms with Gasteiger partial charge in [-0.05, 0) is 42.8 Å². The number of hydrogen-bond donors (Lipinski definition) is 3. The van der Waals surface area contributed by atoms with Crippen LogP contribution in [0, 0.1) is 0 Å². The molecule has 0 bridgehead atoms. The van der Waals surface area contributed by atoms with Gasteiger partial charge in [-0.2, -0.15) is 5.10 Å². The molecule has 33 heavy (non-hydrogen) atoms. The second kappa shape index (κ2) is 9.56. The number of H-pyrrole nitrogens is 1. The number of fused-ring (bicyclic) bond motifs is 1. The predicted octanol–water partition coefficient (Wildman–Crippen LogP) is 3.94. The van der Waals surface area contributed by atoms with Crippen molar-refractivity contribution in [3.63, 3.8) is 0 Å². The Morgan fingerprint density at radius 3 is 2.79 bits per heavy atom. The minimum atomic E-state index is -0.570. The van der Waals surface area contributed by atoms with Gasteiger partial charge in [-0.25, -0.2) is 0 Å². The number of rotatable bonds is 9. The van der Waals surface area contributed by atoms with E-state index in [4.69, 9.17) is 21.1 Å². The van der Waals surface area contributed by atoms with Gasteiger partial charge in [0.2, 0.25) is 0 Å². The number of benzene rings is 2. The number of aromatic hydroxyl groups is 1. The third-order valence-electron chi connectivity index (χ3n) is 5.36. The first-order chi connectivity index (χ1) is 16.0. The highest BCUT2D eigenvalue weighted by molar-refractivity contribution is 6.31. The molecular weight excluding hydrogens is 446 g/mol. The molecule has 1 aromatic heterocycles. The summed E-state index contributed by atoms with van der Waals surface area (Å²) in [6.07, 6.45) is 1.64. The highest BCUT2D eigenvalue weighted by atomic mass is 35.5. The quantitative estimate of drug-likeness (QED) is 0.410. The Morgan fingerprint density at radius 1 is 1.24 bits per heavy atom. The lowest BCUT2D eigenvalue weighted by Gasteiger charge is -2.26. The molecule has 1 atom stereocenters. The highest BCUT2D eigenvalue weighted by Gasteiger charge is 2.42. The van der Waals surface area contributed by atoms with Crippen molar-refractivity contribution in [2.45, 2.75) is 13.0 Å². The number of phenolic OH excluding ortho intramolecular Hbond substituents is 1. The lowest BCUT2D eigenvalue weighted by Crippen LogP contribution is -2.32. The summed E-state index contributed by atoms with van der Waals surface area (Å²) in [7, 11) is 0. The number of amides is 1. The SMILES string of the molecule is C=CCOc1ccc(C2c3c(-c4cc(Cl)ccc4O)n[nH]c3C(=O)N2CCO)cc1OCC. The topological polar surface area (TPSA) is 108 Å². The average Bonchev–Trinajstić information content (AvgIpc) is 3.34. The summed E-state index contributed by atoms with van der Waals surface area (Å²) in [5.41, 5.74) is 2.45. The van der Waals surface area contributed by atoms with E-state index < -0.39 is 6.04 Å². The summed E-state index contributed by atoms with van der Waals surface area (Å²) in [6, 6.07) is 9.51. The Balaban J connectivity index is 1.87. The number of aromatic amines is 1. The van der Waals surface area contributed by atoms with Crippen LogP contribution in [0.25, 0.3) is 11.3 Å². The molecule has 1 amide bonds. The van der Waals surface area contributed by atoms with Gasteiger partial charge < -0.3 is 24.6 Å². The van der Waals surface area contributed by atoms with E-state index in [-0.39, 0.29) is 24.8 Å². The Kier molecular flexibility index (Phi) is 6.57. The zero-order valence-corrected chi connectivity index (χ0v) is 18.8. The first-order valence-corrected chi connectivity index (χ1v) is 10.9. The minimum Gasteiger partial charge on any atom is -0.507 e. The lowest BCUT2D eigenvalue weighted by molar-refractivity contribution is 0.0706. The number of β-amino-alcohol motifs (C(OH)–C–C–N with tert-alkyl or cyclic N) is 1. The summed E-state index contributed by atoms with van der Waals surface area (Å²) in [5, 5.41) is 27.7. The Bertz CT molecular complexity index is 1190. The number of aromatic nitrogens is 2. The molecule has 172 valence electrons. The normalized spacial score (nSPS) is 14.9. The minimum absolute atomic E-state index is 0.0105. The zero-order valence-electron chi connectivity index (χ0n) is 18.0. The van der Waals surface area contributed by atoms with Crippen LogP contribution in [0.2, 0.25) is 5.02 Å². The van der Waals surface area contributed by atoms with Crippen LogP contribution in [0.3, 0.4) is 0 Å². The third-order valence-corrected chi connectivity index (χ3v) is 5.59. The summed E-state index contributed by atoms with van der Waals surface area (Å²) in [4.78, 5) is 14.7. The van der Waals surface area contributed by atoms with Crippen LogP contribution >= 0.6 is 11.6 Å². The summed E-state index contributed by atoms with van der Waals surface area (Å²) >= 11 is 6.16. The van der Waals surface area contributed by atoms with Gasteiger partial charge in [-0.3, -0.25) is 9.89 Å². The van der Waals surface area contributed by atoms with Crippen LogP contribution < -0.4 is 9.47 Å². The van der Waals surface area contributed by atoms with Crippen LogP contribution in [0.15, 0.2) is 49.1 Å². The molecule has 0 spiro atoms. The Hall–Kier alpha value is -3.49. The largest absolute Gasteiger partial charge is 0.507 e. The molecular formula is C24H24ClN3O5. The van der Waals surface area contributed by atoms with E-state index >= 15 is 0 Å². The molecule has 1 unspecified atom stereocenters. The zero-order chi connectivity index (χ0) is 23.5. The van der Waals surface area contributed by atoms with Crippen molar-refractivity contribution in [1.29, 1.82) is 0 Å².